The van der Waals surface area contributed by atoms with Crippen molar-refractivity contribution in [1.82, 2.24) is 15.1 Å². The summed E-state index contributed by atoms with van der Waals surface area (Å²) in [6, 6.07) is 0.494. The third-order valence-corrected chi connectivity index (χ3v) is 4.33. The molecule has 1 N–H and O–H groups in total. The maximum atomic E-state index is 11.8. The molecule has 0 spiro atoms. The number of thioether (sulfide) groups is 1. The van der Waals surface area contributed by atoms with Crippen LogP contribution in [0.3, 0.4) is 0 Å². The monoisotopic (exact) mass is 259 g/mol. The van der Waals surface area contributed by atoms with E-state index in [1.165, 1.54) is 0 Å². The van der Waals surface area contributed by atoms with E-state index >= 15 is 0 Å². The van der Waals surface area contributed by atoms with Crippen LogP contribution in [0, 0.1) is 0 Å². The minimum Gasteiger partial charge on any atom is -0.348 e. The maximum Gasteiger partial charge on any atom is 0.236 e. The summed E-state index contributed by atoms with van der Waals surface area (Å²) < 4.78 is 0. The fraction of sp³-hybridized carbons (Fsp3) is 0.917. The number of nitrogens with zero attached hydrogens (tertiary/aromatic N) is 2. The lowest BCUT2D eigenvalue weighted by atomic mass is 10.2. The molecule has 1 fully saturated rings. The number of carbonyl (C=O) groups is 1. The summed E-state index contributed by atoms with van der Waals surface area (Å²) in [4.78, 5) is 15.9. The lowest BCUT2D eigenvalue weighted by Gasteiger charge is -2.31. The summed E-state index contributed by atoms with van der Waals surface area (Å²) in [5, 5.41) is 4.04. The molecular formula is C12H25N3OS. The van der Waals surface area contributed by atoms with Crippen LogP contribution in [0.5, 0.6) is 0 Å². The molecule has 5 heteroatoms. The molecular weight excluding hydrogens is 234 g/mol. The number of rotatable bonds is 6. The molecule has 0 aromatic carbocycles. The van der Waals surface area contributed by atoms with Gasteiger partial charge in [-0.15, -0.1) is 0 Å². The molecule has 1 saturated heterocycles. The largest absolute Gasteiger partial charge is 0.348 e. The number of amides is 1. The summed E-state index contributed by atoms with van der Waals surface area (Å²) in [5.74, 6) is 0.199. The first-order chi connectivity index (χ1) is 8.10. The third kappa shape index (κ3) is 4.16. The van der Waals surface area contributed by atoms with Gasteiger partial charge in [-0.2, -0.15) is 11.8 Å². The Bertz CT molecular complexity index is 248. The van der Waals surface area contributed by atoms with Gasteiger partial charge in [0, 0.05) is 38.5 Å². The van der Waals surface area contributed by atoms with E-state index in [2.05, 4.69) is 23.4 Å². The summed E-state index contributed by atoms with van der Waals surface area (Å²) >= 11 is 1.90. The van der Waals surface area contributed by atoms with E-state index in [0.29, 0.717) is 17.8 Å². The van der Waals surface area contributed by atoms with Crippen LogP contribution in [-0.4, -0.2) is 73.5 Å². The van der Waals surface area contributed by atoms with Crippen molar-refractivity contribution in [3.8, 4) is 0 Å². The van der Waals surface area contributed by atoms with Crippen molar-refractivity contribution in [2.24, 2.45) is 0 Å². The van der Waals surface area contributed by atoms with Crippen molar-refractivity contribution >= 4 is 17.7 Å². The van der Waals surface area contributed by atoms with E-state index in [4.69, 9.17) is 0 Å². The molecule has 1 amide bonds. The molecule has 1 heterocycles. The van der Waals surface area contributed by atoms with Crippen LogP contribution < -0.4 is 5.32 Å². The molecule has 0 radical (unpaired) electrons. The number of hydrogen-bond donors (Lipinski definition) is 1. The average molecular weight is 259 g/mol. The van der Waals surface area contributed by atoms with Gasteiger partial charge < -0.3 is 10.2 Å². The molecule has 0 aromatic rings. The van der Waals surface area contributed by atoms with Crippen molar-refractivity contribution < 1.29 is 4.79 Å². The van der Waals surface area contributed by atoms with Gasteiger partial charge in [-0.1, -0.05) is 6.92 Å². The van der Waals surface area contributed by atoms with Gasteiger partial charge in [0.2, 0.25) is 5.91 Å². The first-order valence-electron chi connectivity index (χ1n) is 6.27. The van der Waals surface area contributed by atoms with Gasteiger partial charge in [-0.25, -0.2) is 0 Å². The van der Waals surface area contributed by atoms with E-state index in [1.807, 2.05) is 25.9 Å². The molecule has 0 aromatic heterocycles. The number of carbonyl (C=O) groups excluding carboxylic acids is 1. The quantitative estimate of drug-likeness (QED) is 0.753. The Morgan fingerprint density at radius 2 is 2.12 bits per heavy atom. The molecule has 0 saturated carbocycles. The van der Waals surface area contributed by atoms with Crippen LogP contribution in [0.15, 0.2) is 0 Å². The highest BCUT2D eigenvalue weighted by molar-refractivity contribution is 7.99. The van der Waals surface area contributed by atoms with Gasteiger partial charge in [0.1, 0.15) is 0 Å². The van der Waals surface area contributed by atoms with E-state index < -0.39 is 0 Å². The minimum absolute atomic E-state index is 0.199. The number of nitrogens with one attached hydrogen (secondary N) is 1. The normalized spacial score (nSPS) is 24.3. The summed E-state index contributed by atoms with van der Waals surface area (Å²) in [6.07, 6.45) is 3.25. The zero-order valence-corrected chi connectivity index (χ0v) is 12.2. The van der Waals surface area contributed by atoms with E-state index in [1.54, 1.807) is 4.90 Å². The third-order valence-electron chi connectivity index (χ3n) is 3.25. The van der Waals surface area contributed by atoms with Crippen LogP contribution in [-0.2, 0) is 4.79 Å². The Hall–Kier alpha value is -0.260. The molecule has 0 bridgehead atoms. The van der Waals surface area contributed by atoms with Crippen molar-refractivity contribution in [2.75, 3.05) is 46.5 Å². The molecule has 1 rings (SSSR count). The van der Waals surface area contributed by atoms with Gasteiger partial charge in [-0.05, 0) is 19.2 Å². The van der Waals surface area contributed by atoms with Crippen molar-refractivity contribution in [1.29, 1.82) is 0 Å². The molecule has 2 unspecified atom stereocenters. The van der Waals surface area contributed by atoms with Gasteiger partial charge in [0.25, 0.3) is 0 Å². The predicted molar refractivity (Wildman–Crippen MR) is 74.5 cm³/mol. The molecule has 0 aliphatic carbocycles. The number of likely N-dealkylation sites (N-methyl/N-ethyl adjacent to an activating group) is 1. The fourth-order valence-electron chi connectivity index (χ4n) is 2.21. The smallest absolute Gasteiger partial charge is 0.236 e. The van der Waals surface area contributed by atoms with Crippen LogP contribution >= 0.6 is 11.8 Å². The van der Waals surface area contributed by atoms with Crippen LogP contribution in [0.25, 0.3) is 0 Å². The average Bonchev–Trinajstić information content (AvgIpc) is 2.76. The molecule has 1 aliphatic heterocycles. The second kappa shape index (κ2) is 7.24. The van der Waals surface area contributed by atoms with Gasteiger partial charge >= 0.3 is 0 Å². The second-order valence-corrected chi connectivity index (χ2v) is 5.84. The Balaban J connectivity index is 2.61. The zero-order valence-electron chi connectivity index (χ0n) is 11.4. The molecule has 2 atom stereocenters. The first kappa shape index (κ1) is 14.8. The minimum atomic E-state index is 0.199. The van der Waals surface area contributed by atoms with Crippen LogP contribution in [0.1, 0.15) is 13.3 Å². The predicted octanol–water partition coefficient (Wildman–Crippen LogP) is 0.490. The zero-order chi connectivity index (χ0) is 12.8. The van der Waals surface area contributed by atoms with Crippen LogP contribution in [0.2, 0.25) is 0 Å². The SMILES string of the molecule is CCCN(CC(=O)N(C)C)C1CNCC1SC. The molecule has 17 heavy (non-hydrogen) atoms. The van der Waals surface area contributed by atoms with E-state index in [9.17, 15) is 4.79 Å². The van der Waals surface area contributed by atoms with Crippen molar-refractivity contribution in [3.63, 3.8) is 0 Å². The molecule has 4 nitrogen and oxygen atoms in total. The van der Waals surface area contributed by atoms with Crippen molar-refractivity contribution in [2.45, 2.75) is 24.6 Å². The van der Waals surface area contributed by atoms with Crippen molar-refractivity contribution in [3.05, 3.63) is 0 Å². The van der Waals surface area contributed by atoms with Gasteiger partial charge in [-0.3, -0.25) is 9.69 Å². The molecule has 100 valence electrons. The molecule has 1 aliphatic rings. The number of hydrogen-bond acceptors (Lipinski definition) is 4. The second-order valence-electron chi connectivity index (χ2n) is 4.76. The highest BCUT2D eigenvalue weighted by atomic mass is 32.2. The Morgan fingerprint density at radius 1 is 1.41 bits per heavy atom. The lowest BCUT2D eigenvalue weighted by Crippen LogP contribution is -2.47. The maximum absolute atomic E-state index is 11.8. The summed E-state index contributed by atoms with van der Waals surface area (Å²) in [7, 11) is 3.65. The van der Waals surface area contributed by atoms with Gasteiger partial charge in [0.05, 0.1) is 6.54 Å². The van der Waals surface area contributed by atoms with E-state index in [0.717, 1.165) is 26.1 Å². The summed E-state index contributed by atoms with van der Waals surface area (Å²) in [6.45, 7) is 5.78. The summed E-state index contributed by atoms with van der Waals surface area (Å²) in [5.41, 5.74) is 0. The Morgan fingerprint density at radius 3 is 2.65 bits per heavy atom. The highest BCUT2D eigenvalue weighted by Gasteiger charge is 2.32. The Kier molecular flexibility index (Phi) is 6.30. The van der Waals surface area contributed by atoms with Crippen LogP contribution in [0.4, 0.5) is 0 Å². The standard InChI is InChI=1S/C12H25N3OS/c1-5-6-15(9-12(16)14(2)3)10-7-13-8-11(10)17-4/h10-11,13H,5-9H2,1-4H3. The topological polar surface area (TPSA) is 35.6 Å². The first-order valence-corrected chi connectivity index (χ1v) is 7.56. The Labute approximate surface area is 109 Å². The van der Waals surface area contributed by atoms with E-state index in [-0.39, 0.29) is 5.91 Å². The highest BCUT2D eigenvalue weighted by Crippen LogP contribution is 2.20. The van der Waals surface area contributed by atoms with Gasteiger partial charge in [0.15, 0.2) is 0 Å². The fourth-order valence-corrected chi connectivity index (χ4v) is 3.08. The lowest BCUT2D eigenvalue weighted by molar-refractivity contribution is -0.130.